The second-order valence-electron chi connectivity index (χ2n) is 7.45. The van der Waals surface area contributed by atoms with Gasteiger partial charge in [0.05, 0.1) is 14.2 Å². The molecule has 31 heavy (non-hydrogen) atoms. The molecule has 1 heterocycles. The third kappa shape index (κ3) is 6.01. The molecule has 0 unspecified atom stereocenters. The maximum absolute atomic E-state index is 13.9. The Morgan fingerprint density at radius 2 is 1.87 bits per heavy atom. The number of piperazine rings is 1. The van der Waals surface area contributed by atoms with Crippen molar-refractivity contribution in [2.75, 3.05) is 54.0 Å². The predicted molar refractivity (Wildman–Crippen MR) is 120 cm³/mol. The van der Waals surface area contributed by atoms with Crippen molar-refractivity contribution in [1.82, 2.24) is 15.1 Å². The van der Waals surface area contributed by atoms with Crippen molar-refractivity contribution in [2.24, 2.45) is 4.99 Å². The molecule has 1 aliphatic heterocycles. The van der Waals surface area contributed by atoms with Gasteiger partial charge < -0.3 is 24.8 Å². The molecule has 0 atom stereocenters. The fraction of sp³-hybridized carbons (Fsp3) is 0.435. The van der Waals surface area contributed by atoms with Crippen molar-refractivity contribution in [1.29, 1.82) is 0 Å². The Labute approximate surface area is 183 Å². The van der Waals surface area contributed by atoms with Crippen molar-refractivity contribution in [2.45, 2.75) is 13.0 Å². The minimum Gasteiger partial charge on any atom is -0.508 e. The maximum Gasteiger partial charge on any atom is 0.193 e. The molecule has 168 valence electrons. The lowest BCUT2D eigenvalue weighted by Gasteiger charge is -2.36. The second kappa shape index (κ2) is 10.9. The summed E-state index contributed by atoms with van der Waals surface area (Å²) in [6.45, 7) is 4.79. The van der Waals surface area contributed by atoms with Crippen LogP contribution in [0.25, 0.3) is 0 Å². The predicted octanol–water partition coefficient (Wildman–Crippen LogP) is 2.48. The van der Waals surface area contributed by atoms with Gasteiger partial charge in [0.25, 0.3) is 0 Å². The van der Waals surface area contributed by atoms with Crippen LogP contribution in [0.5, 0.6) is 17.2 Å². The number of halogens is 1. The Bertz CT molecular complexity index is 898. The molecule has 0 aliphatic carbocycles. The molecule has 2 N–H and O–H groups in total. The van der Waals surface area contributed by atoms with Crippen LogP contribution < -0.4 is 14.8 Å². The number of aliphatic imine (C=N–C) groups is 1. The average Bonchev–Trinajstić information content (AvgIpc) is 2.78. The highest BCUT2D eigenvalue weighted by molar-refractivity contribution is 5.80. The highest BCUT2D eigenvalue weighted by Crippen LogP contribution is 2.23. The standard InChI is InChI=1S/C23H31FN4O3/c1-25-23(26-9-8-18-5-6-19(30-2)15-21(18)29)28-12-10-27(11-13-28)16-17-4-7-22(31-3)20(24)14-17/h4-7,14-15,29H,8-13,16H2,1-3H3,(H,25,26). The lowest BCUT2D eigenvalue weighted by molar-refractivity contribution is 0.172. The van der Waals surface area contributed by atoms with E-state index in [1.165, 1.54) is 7.11 Å². The van der Waals surface area contributed by atoms with Gasteiger partial charge in [-0.25, -0.2) is 4.39 Å². The normalized spacial score (nSPS) is 15.1. The minimum atomic E-state index is -0.328. The van der Waals surface area contributed by atoms with Crippen LogP contribution in [0.3, 0.4) is 0 Å². The Kier molecular flexibility index (Phi) is 7.94. The van der Waals surface area contributed by atoms with E-state index in [1.54, 1.807) is 32.4 Å². The molecule has 8 heteroatoms. The van der Waals surface area contributed by atoms with E-state index in [0.717, 1.165) is 43.3 Å². The molecular formula is C23H31FN4O3. The van der Waals surface area contributed by atoms with E-state index in [2.05, 4.69) is 20.1 Å². The Hall–Kier alpha value is -3.00. The van der Waals surface area contributed by atoms with E-state index >= 15 is 0 Å². The van der Waals surface area contributed by atoms with Gasteiger partial charge in [-0.1, -0.05) is 12.1 Å². The molecule has 7 nitrogen and oxygen atoms in total. The number of rotatable bonds is 7. The van der Waals surface area contributed by atoms with Crippen molar-refractivity contribution in [3.8, 4) is 17.2 Å². The van der Waals surface area contributed by atoms with Crippen molar-refractivity contribution >= 4 is 5.96 Å². The first-order chi connectivity index (χ1) is 15.0. The molecule has 0 spiro atoms. The smallest absolute Gasteiger partial charge is 0.193 e. The highest BCUT2D eigenvalue weighted by atomic mass is 19.1. The van der Waals surface area contributed by atoms with Gasteiger partial charge in [-0.05, 0) is 35.7 Å². The van der Waals surface area contributed by atoms with Gasteiger partial charge in [-0.3, -0.25) is 9.89 Å². The summed E-state index contributed by atoms with van der Waals surface area (Å²) in [5.74, 6) is 1.67. The van der Waals surface area contributed by atoms with Gasteiger partial charge >= 0.3 is 0 Å². The minimum absolute atomic E-state index is 0.236. The summed E-state index contributed by atoms with van der Waals surface area (Å²) < 4.78 is 24.0. The second-order valence-corrected chi connectivity index (χ2v) is 7.45. The van der Waals surface area contributed by atoms with E-state index in [4.69, 9.17) is 9.47 Å². The number of ether oxygens (including phenoxy) is 2. The Morgan fingerprint density at radius 1 is 1.10 bits per heavy atom. The first-order valence-electron chi connectivity index (χ1n) is 10.4. The number of guanidine groups is 1. The number of nitrogens with one attached hydrogen (secondary N) is 1. The summed E-state index contributed by atoms with van der Waals surface area (Å²) in [5.41, 5.74) is 1.80. The zero-order valence-corrected chi connectivity index (χ0v) is 18.4. The highest BCUT2D eigenvalue weighted by Gasteiger charge is 2.20. The van der Waals surface area contributed by atoms with E-state index < -0.39 is 0 Å². The SMILES string of the molecule is CN=C(NCCc1ccc(OC)cc1O)N1CCN(Cc2ccc(OC)c(F)c2)CC1. The van der Waals surface area contributed by atoms with Crippen LogP contribution in [0, 0.1) is 5.82 Å². The van der Waals surface area contributed by atoms with Crippen LogP contribution in [0.4, 0.5) is 4.39 Å². The van der Waals surface area contributed by atoms with E-state index in [0.29, 0.717) is 25.3 Å². The first-order valence-corrected chi connectivity index (χ1v) is 10.4. The molecule has 2 aromatic carbocycles. The lowest BCUT2D eigenvalue weighted by atomic mass is 10.1. The fourth-order valence-corrected chi connectivity index (χ4v) is 3.71. The van der Waals surface area contributed by atoms with E-state index in [9.17, 15) is 9.50 Å². The number of aromatic hydroxyl groups is 1. The van der Waals surface area contributed by atoms with Crippen molar-refractivity contribution in [3.63, 3.8) is 0 Å². The zero-order chi connectivity index (χ0) is 22.2. The van der Waals surface area contributed by atoms with Crippen LogP contribution in [0.15, 0.2) is 41.4 Å². The van der Waals surface area contributed by atoms with E-state index in [-0.39, 0.29) is 17.3 Å². The van der Waals surface area contributed by atoms with Gasteiger partial charge in [0, 0.05) is 52.4 Å². The van der Waals surface area contributed by atoms with Gasteiger partial charge in [-0.15, -0.1) is 0 Å². The Balaban J connectivity index is 1.46. The molecule has 0 radical (unpaired) electrons. The number of methoxy groups -OCH3 is 2. The first kappa shape index (κ1) is 22.7. The van der Waals surface area contributed by atoms with Gasteiger partial charge in [0.2, 0.25) is 0 Å². The topological polar surface area (TPSA) is 69.6 Å². The molecule has 1 aliphatic rings. The summed E-state index contributed by atoms with van der Waals surface area (Å²) in [6.07, 6.45) is 0.678. The average molecular weight is 431 g/mol. The molecular weight excluding hydrogens is 399 g/mol. The lowest BCUT2D eigenvalue weighted by Crippen LogP contribution is -2.52. The number of hydrogen-bond acceptors (Lipinski definition) is 5. The molecule has 3 rings (SSSR count). The third-order valence-corrected chi connectivity index (χ3v) is 5.48. The van der Waals surface area contributed by atoms with Crippen LogP contribution in [0.1, 0.15) is 11.1 Å². The molecule has 0 bridgehead atoms. The van der Waals surface area contributed by atoms with Crippen LogP contribution >= 0.6 is 0 Å². The van der Waals surface area contributed by atoms with E-state index in [1.807, 2.05) is 18.2 Å². The third-order valence-electron chi connectivity index (χ3n) is 5.48. The largest absolute Gasteiger partial charge is 0.508 e. The summed E-state index contributed by atoms with van der Waals surface area (Å²) in [6, 6.07) is 10.5. The molecule has 1 saturated heterocycles. The zero-order valence-electron chi connectivity index (χ0n) is 18.4. The number of nitrogens with zero attached hydrogens (tertiary/aromatic N) is 3. The van der Waals surface area contributed by atoms with Gasteiger partial charge in [0.1, 0.15) is 11.5 Å². The van der Waals surface area contributed by atoms with Crippen LogP contribution in [-0.2, 0) is 13.0 Å². The summed E-state index contributed by atoms with van der Waals surface area (Å²) in [7, 11) is 4.83. The van der Waals surface area contributed by atoms with Crippen LogP contribution in [0.2, 0.25) is 0 Å². The van der Waals surface area contributed by atoms with Crippen LogP contribution in [-0.4, -0.2) is 74.9 Å². The molecule has 2 aromatic rings. The van der Waals surface area contributed by atoms with Crippen molar-refractivity contribution < 1.29 is 19.0 Å². The molecule has 0 amide bonds. The molecule has 0 aromatic heterocycles. The number of hydrogen-bond donors (Lipinski definition) is 2. The number of phenols is 1. The van der Waals surface area contributed by atoms with Crippen molar-refractivity contribution in [3.05, 3.63) is 53.3 Å². The number of phenolic OH excluding ortho intramolecular Hbond substituents is 1. The summed E-state index contributed by atoms with van der Waals surface area (Å²) in [4.78, 5) is 8.93. The fourth-order valence-electron chi connectivity index (χ4n) is 3.71. The molecule has 0 saturated carbocycles. The molecule has 1 fully saturated rings. The summed E-state index contributed by atoms with van der Waals surface area (Å²) in [5, 5.41) is 13.5. The summed E-state index contributed by atoms with van der Waals surface area (Å²) >= 11 is 0. The monoisotopic (exact) mass is 430 g/mol. The number of benzene rings is 2. The van der Waals surface area contributed by atoms with Gasteiger partial charge in [-0.2, -0.15) is 0 Å². The quantitative estimate of drug-likeness (QED) is 0.520. The maximum atomic E-state index is 13.9. The van der Waals surface area contributed by atoms with Gasteiger partial charge in [0.15, 0.2) is 17.5 Å². The Morgan fingerprint density at radius 3 is 2.48 bits per heavy atom.